The van der Waals surface area contributed by atoms with Crippen LogP contribution in [0.2, 0.25) is 0 Å². The van der Waals surface area contributed by atoms with Crippen molar-refractivity contribution in [3.05, 3.63) is 0 Å². The van der Waals surface area contributed by atoms with E-state index in [4.69, 9.17) is 0 Å². The summed E-state index contributed by atoms with van der Waals surface area (Å²) in [5.41, 5.74) is 0.580. The van der Waals surface area contributed by atoms with Crippen molar-refractivity contribution >= 4 is 0 Å². The highest BCUT2D eigenvalue weighted by Gasteiger charge is 2.44. The Morgan fingerprint density at radius 1 is 1.33 bits per heavy atom. The van der Waals surface area contributed by atoms with Crippen LogP contribution in [0.1, 0.15) is 52.9 Å². The molecule has 2 nitrogen and oxygen atoms in total. The number of nitrogens with one attached hydrogen (secondary N) is 1. The molecule has 1 heterocycles. The zero-order valence-corrected chi connectivity index (χ0v) is 10.6. The van der Waals surface area contributed by atoms with Gasteiger partial charge in [0.25, 0.3) is 0 Å². The minimum absolute atomic E-state index is 0.580. The molecule has 2 unspecified atom stereocenters. The Balaban J connectivity index is 2.08. The van der Waals surface area contributed by atoms with Gasteiger partial charge in [-0.1, -0.05) is 13.8 Å². The van der Waals surface area contributed by atoms with E-state index in [0.29, 0.717) is 11.6 Å². The molecule has 88 valence electrons. The molecule has 1 saturated heterocycles. The van der Waals surface area contributed by atoms with Crippen LogP contribution in [0, 0.1) is 0 Å². The van der Waals surface area contributed by atoms with Crippen LogP contribution in [-0.4, -0.2) is 35.6 Å². The molecule has 1 saturated carbocycles. The quantitative estimate of drug-likeness (QED) is 0.769. The Bertz CT molecular complexity index is 205. The standard InChI is InChI=1S/C13H26N2/c1-4-12-9-14-11(3)10-15(12)13(5-2)7-6-8-13/h11-12,14H,4-10H2,1-3H3. The molecule has 0 radical (unpaired) electrons. The SMILES string of the molecule is CCC1CNC(C)CN1C1(CC)CCC1. The molecule has 0 aromatic rings. The highest BCUT2D eigenvalue weighted by molar-refractivity contribution is 5.02. The van der Waals surface area contributed by atoms with Crippen LogP contribution in [0.3, 0.4) is 0 Å². The van der Waals surface area contributed by atoms with Gasteiger partial charge in [-0.15, -0.1) is 0 Å². The van der Waals surface area contributed by atoms with E-state index in [0.717, 1.165) is 6.04 Å². The highest BCUT2D eigenvalue weighted by Crippen LogP contribution is 2.42. The number of piperazine rings is 1. The van der Waals surface area contributed by atoms with Crippen LogP contribution in [0.15, 0.2) is 0 Å². The number of hydrogen-bond donors (Lipinski definition) is 1. The first-order valence-electron chi connectivity index (χ1n) is 6.72. The third-order valence-corrected chi connectivity index (χ3v) is 4.64. The van der Waals surface area contributed by atoms with E-state index in [2.05, 4.69) is 31.0 Å². The lowest BCUT2D eigenvalue weighted by Crippen LogP contribution is -2.65. The molecule has 0 spiro atoms. The molecule has 0 aromatic carbocycles. The smallest absolute Gasteiger partial charge is 0.0224 e. The topological polar surface area (TPSA) is 15.3 Å². The molecule has 2 atom stereocenters. The first-order valence-corrected chi connectivity index (χ1v) is 6.72. The van der Waals surface area contributed by atoms with Crippen molar-refractivity contribution in [1.29, 1.82) is 0 Å². The fourth-order valence-electron chi connectivity index (χ4n) is 3.33. The summed E-state index contributed by atoms with van der Waals surface area (Å²) in [6.45, 7) is 9.47. The molecular formula is C13H26N2. The van der Waals surface area contributed by atoms with Crippen LogP contribution < -0.4 is 5.32 Å². The maximum atomic E-state index is 3.62. The minimum Gasteiger partial charge on any atom is -0.311 e. The highest BCUT2D eigenvalue weighted by atomic mass is 15.3. The van der Waals surface area contributed by atoms with Crippen LogP contribution in [0.4, 0.5) is 0 Å². The van der Waals surface area contributed by atoms with Gasteiger partial charge in [-0.2, -0.15) is 0 Å². The molecule has 2 heteroatoms. The Morgan fingerprint density at radius 3 is 2.53 bits per heavy atom. The summed E-state index contributed by atoms with van der Waals surface area (Å²) in [5.74, 6) is 0. The first-order chi connectivity index (χ1) is 7.22. The average Bonchev–Trinajstić information content (AvgIpc) is 2.17. The molecule has 1 N–H and O–H groups in total. The monoisotopic (exact) mass is 210 g/mol. The lowest BCUT2D eigenvalue weighted by atomic mass is 9.72. The molecule has 2 fully saturated rings. The van der Waals surface area contributed by atoms with E-state index in [1.54, 1.807) is 0 Å². The molecular weight excluding hydrogens is 184 g/mol. The second kappa shape index (κ2) is 4.42. The lowest BCUT2D eigenvalue weighted by molar-refractivity contribution is -0.0424. The molecule has 0 bridgehead atoms. The van der Waals surface area contributed by atoms with E-state index in [1.807, 2.05) is 0 Å². The predicted octanol–water partition coefficient (Wildman–Crippen LogP) is 2.39. The predicted molar refractivity (Wildman–Crippen MR) is 65.1 cm³/mol. The molecule has 1 aliphatic heterocycles. The molecule has 1 aliphatic carbocycles. The Hall–Kier alpha value is -0.0800. The lowest BCUT2D eigenvalue weighted by Gasteiger charge is -2.56. The zero-order valence-electron chi connectivity index (χ0n) is 10.6. The van der Waals surface area contributed by atoms with E-state index in [-0.39, 0.29) is 0 Å². The van der Waals surface area contributed by atoms with E-state index < -0.39 is 0 Å². The first kappa shape index (κ1) is 11.4. The second-order valence-corrected chi connectivity index (χ2v) is 5.46. The van der Waals surface area contributed by atoms with Gasteiger partial charge in [-0.05, 0) is 39.0 Å². The minimum atomic E-state index is 0.580. The van der Waals surface area contributed by atoms with Crippen molar-refractivity contribution in [2.45, 2.75) is 70.5 Å². The van der Waals surface area contributed by atoms with Crippen molar-refractivity contribution in [3.63, 3.8) is 0 Å². The van der Waals surface area contributed by atoms with E-state index >= 15 is 0 Å². The van der Waals surface area contributed by atoms with Crippen molar-refractivity contribution < 1.29 is 0 Å². The van der Waals surface area contributed by atoms with Gasteiger partial charge >= 0.3 is 0 Å². The summed E-state index contributed by atoms with van der Waals surface area (Å²) in [6, 6.07) is 1.46. The number of rotatable bonds is 3. The van der Waals surface area contributed by atoms with Gasteiger partial charge in [0.15, 0.2) is 0 Å². The Labute approximate surface area is 94.4 Å². The molecule has 2 rings (SSSR count). The Morgan fingerprint density at radius 2 is 2.07 bits per heavy atom. The maximum Gasteiger partial charge on any atom is 0.0224 e. The third-order valence-electron chi connectivity index (χ3n) is 4.64. The van der Waals surface area contributed by atoms with Crippen molar-refractivity contribution in [1.82, 2.24) is 10.2 Å². The van der Waals surface area contributed by atoms with Gasteiger partial charge in [0.1, 0.15) is 0 Å². The molecule has 2 aliphatic rings. The summed E-state index contributed by atoms with van der Waals surface area (Å²) in [7, 11) is 0. The van der Waals surface area contributed by atoms with Crippen LogP contribution >= 0.6 is 0 Å². The second-order valence-electron chi connectivity index (χ2n) is 5.46. The maximum absolute atomic E-state index is 3.62. The van der Waals surface area contributed by atoms with Crippen molar-refractivity contribution in [2.24, 2.45) is 0 Å². The van der Waals surface area contributed by atoms with E-state index in [1.165, 1.54) is 45.2 Å². The summed E-state index contributed by atoms with van der Waals surface area (Å²) < 4.78 is 0. The van der Waals surface area contributed by atoms with Gasteiger partial charge < -0.3 is 5.32 Å². The summed E-state index contributed by atoms with van der Waals surface area (Å²) in [6.07, 6.45) is 6.96. The summed E-state index contributed by atoms with van der Waals surface area (Å²) in [5, 5.41) is 3.62. The number of nitrogens with zero attached hydrogens (tertiary/aromatic N) is 1. The average molecular weight is 210 g/mol. The van der Waals surface area contributed by atoms with Gasteiger partial charge in [0.05, 0.1) is 0 Å². The van der Waals surface area contributed by atoms with Gasteiger partial charge in [0, 0.05) is 30.7 Å². The van der Waals surface area contributed by atoms with Crippen molar-refractivity contribution in [2.75, 3.05) is 13.1 Å². The molecule has 15 heavy (non-hydrogen) atoms. The molecule has 0 aromatic heterocycles. The summed E-state index contributed by atoms with van der Waals surface area (Å²) in [4.78, 5) is 2.83. The van der Waals surface area contributed by atoms with Crippen molar-refractivity contribution in [3.8, 4) is 0 Å². The van der Waals surface area contributed by atoms with Crippen LogP contribution in [-0.2, 0) is 0 Å². The third kappa shape index (κ3) is 1.94. The normalized spacial score (nSPS) is 36.2. The number of hydrogen-bond acceptors (Lipinski definition) is 2. The van der Waals surface area contributed by atoms with E-state index in [9.17, 15) is 0 Å². The fourth-order valence-corrected chi connectivity index (χ4v) is 3.33. The van der Waals surface area contributed by atoms with Crippen LogP contribution in [0.25, 0.3) is 0 Å². The molecule has 0 amide bonds. The Kier molecular flexibility index (Phi) is 3.36. The van der Waals surface area contributed by atoms with Crippen LogP contribution in [0.5, 0.6) is 0 Å². The van der Waals surface area contributed by atoms with Gasteiger partial charge in [-0.3, -0.25) is 4.90 Å². The van der Waals surface area contributed by atoms with Gasteiger partial charge in [0.2, 0.25) is 0 Å². The van der Waals surface area contributed by atoms with Gasteiger partial charge in [-0.25, -0.2) is 0 Å². The summed E-state index contributed by atoms with van der Waals surface area (Å²) >= 11 is 0. The zero-order chi connectivity index (χ0) is 10.9. The largest absolute Gasteiger partial charge is 0.311 e. The fraction of sp³-hybridized carbons (Fsp3) is 1.00.